The Bertz CT molecular complexity index is 469. The van der Waals surface area contributed by atoms with Crippen LogP contribution in [0.4, 0.5) is 13.2 Å². The van der Waals surface area contributed by atoms with Crippen molar-refractivity contribution in [3.8, 4) is 0 Å². The molecular weight excluding hydrogens is 359 g/mol. The first kappa shape index (κ1) is 17.3. The summed E-state index contributed by atoms with van der Waals surface area (Å²) in [6, 6.07) is 4.95. The second kappa shape index (κ2) is 7.90. The van der Waals surface area contributed by atoms with E-state index in [1.54, 1.807) is 18.2 Å². The number of nitrogens with one attached hydrogen (secondary N) is 1. The van der Waals surface area contributed by atoms with Crippen LogP contribution in [0.2, 0.25) is 0 Å². The van der Waals surface area contributed by atoms with Gasteiger partial charge in [-0.05, 0) is 29.5 Å². The van der Waals surface area contributed by atoms with Gasteiger partial charge in [0.1, 0.15) is 0 Å². The van der Waals surface area contributed by atoms with E-state index in [1.165, 1.54) is 7.11 Å². The zero-order chi connectivity index (χ0) is 15.2. The second-order valence-electron chi connectivity index (χ2n) is 3.77. The lowest BCUT2D eigenvalue weighted by atomic mass is 10.1. The maximum atomic E-state index is 11.9. The molecular formula is C12H13BrF3NO2S. The molecule has 0 radical (unpaired) electrons. The quantitative estimate of drug-likeness (QED) is 0.612. The topological polar surface area (TPSA) is 38.3 Å². The summed E-state index contributed by atoms with van der Waals surface area (Å²) >= 11 is 3.26. The Hall–Kier alpha value is -0.730. The van der Waals surface area contributed by atoms with E-state index in [0.29, 0.717) is 16.6 Å². The van der Waals surface area contributed by atoms with Crippen molar-refractivity contribution >= 4 is 33.7 Å². The minimum absolute atomic E-state index is 0.0403. The highest BCUT2D eigenvalue weighted by molar-refractivity contribution is 9.10. The molecule has 0 atom stereocenters. The van der Waals surface area contributed by atoms with Crippen molar-refractivity contribution in [2.75, 3.05) is 19.4 Å². The lowest BCUT2D eigenvalue weighted by Gasteiger charge is -2.09. The van der Waals surface area contributed by atoms with Crippen molar-refractivity contribution in [1.82, 2.24) is 5.32 Å². The van der Waals surface area contributed by atoms with E-state index in [4.69, 9.17) is 0 Å². The Labute approximate surface area is 127 Å². The number of benzene rings is 1. The molecule has 0 aliphatic heterocycles. The summed E-state index contributed by atoms with van der Waals surface area (Å²) in [5, 5.41) is 2.91. The number of carbonyl (C=O) groups excluding carboxylic acids is 1. The largest absolute Gasteiger partial charge is 0.465 e. The minimum Gasteiger partial charge on any atom is -0.465 e. The SMILES string of the molecule is COC(=O)c1ccc(CNCCSC(F)(F)F)c(Br)c1. The number of carbonyl (C=O) groups is 1. The molecule has 0 saturated carbocycles. The fourth-order valence-electron chi connectivity index (χ4n) is 1.40. The standard InChI is InChI=1S/C12H13BrF3NO2S/c1-19-11(18)8-2-3-9(10(13)6-8)7-17-4-5-20-12(14,15)16/h2-3,6,17H,4-5,7H2,1H3. The highest BCUT2D eigenvalue weighted by Gasteiger charge is 2.27. The van der Waals surface area contributed by atoms with Gasteiger partial charge in [-0.25, -0.2) is 4.79 Å². The number of hydrogen-bond acceptors (Lipinski definition) is 4. The van der Waals surface area contributed by atoms with Crippen LogP contribution in [0.3, 0.4) is 0 Å². The van der Waals surface area contributed by atoms with Gasteiger partial charge in [-0.15, -0.1) is 0 Å². The highest BCUT2D eigenvalue weighted by Crippen LogP contribution is 2.29. The lowest BCUT2D eigenvalue weighted by molar-refractivity contribution is -0.0327. The third-order valence-electron chi connectivity index (χ3n) is 2.33. The normalized spacial score (nSPS) is 11.4. The zero-order valence-electron chi connectivity index (χ0n) is 10.6. The second-order valence-corrected chi connectivity index (χ2v) is 5.78. The molecule has 0 aliphatic rings. The Morgan fingerprint density at radius 3 is 2.70 bits per heavy atom. The van der Waals surface area contributed by atoms with E-state index in [1.807, 2.05) is 0 Å². The van der Waals surface area contributed by atoms with E-state index < -0.39 is 11.5 Å². The molecule has 0 fully saturated rings. The number of thioether (sulfide) groups is 1. The molecule has 20 heavy (non-hydrogen) atoms. The van der Waals surface area contributed by atoms with E-state index in [9.17, 15) is 18.0 Å². The average Bonchev–Trinajstić information content (AvgIpc) is 2.37. The van der Waals surface area contributed by atoms with Gasteiger partial charge in [0.25, 0.3) is 0 Å². The van der Waals surface area contributed by atoms with Crippen molar-refractivity contribution in [2.24, 2.45) is 0 Å². The van der Waals surface area contributed by atoms with Crippen molar-refractivity contribution in [3.63, 3.8) is 0 Å². The molecule has 112 valence electrons. The first-order chi connectivity index (χ1) is 9.33. The van der Waals surface area contributed by atoms with E-state index in [2.05, 4.69) is 26.0 Å². The summed E-state index contributed by atoms with van der Waals surface area (Å²) in [4.78, 5) is 11.3. The molecule has 1 N–H and O–H groups in total. The molecule has 0 aliphatic carbocycles. The number of ether oxygens (including phenoxy) is 1. The summed E-state index contributed by atoms with van der Waals surface area (Å²) in [5.74, 6) is -0.478. The van der Waals surface area contributed by atoms with Crippen molar-refractivity contribution < 1.29 is 22.7 Å². The molecule has 1 aromatic rings. The Morgan fingerprint density at radius 2 is 2.15 bits per heavy atom. The van der Waals surface area contributed by atoms with E-state index in [0.717, 1.165) is 5.56 Å². The molecule has 0 amide bonds. The van der Waals surface area contributed by atoms with Gasteiger partial charge in [0, 0.05) is 23.3 Å². The zero-order valence-corrected chi connectivity index (χ0v) is 13.0. The van der Waals surface area contributed by atoms with Gasteiger partial charge in [0.2, 0.25) is 0 Å². The number of methoxy groups -OCH3 is 1. The van der Waals surface area contributed by atoms with Crippen LogP contribution in [0.25, 0.3) is 0 Å². The summed E-state index contributed by atoms with van der Waals surface area (Å²) < 4.78 is 41.0. The monoisotopic (exact) mass is 371 g/mol. The Balaban J connectivity index is 2.43. The fraction of sp³-hybridized carbons (Fsp3) is 0.417. The number of alkyl halides is 3. The van der Waals surface area contributed by atoms with Crippen LogP contribution in [-0.2, 0) is 11.3 Å². The molecule has 3 nitrogen and oxygen atoms in total. The maximum Gasteiger partial charge on any atom is 0.441 e. The van der Waals surface area contributed by atoms with Crippen LogP contribution in [0.5, 0.6) is 0 Å². The smallest absolute Gasteiger partial charge is 0.441 e. The molecule has 1 rings (SSSR count). The summed E-state index contributed by atoms with van der Waals surface area (Å²) in [7, 11) is 1.30. The van der Waals surface area contributed by atoms with E-state index in [-0.39, 0.29) is 24.1 Å². The lowest BCUT2D eigenvalue weighted by Crippen LogP contribution is -2.18. The van der Waals surface area contributed by atoms with Crippen LogP contribution < -0.4 is 5.32 Å². The maximum absolute atomic E-state index is 11.9. The summed E-state index contributed by atoms with van der Waals surface area (Å²) in [6.45, 7) is 0.663. The Morgan fingerprint density at radius 1 is 1.45 bits per heavy atom. The van der Waals surface area contributed by atoms with Gasteiger partial charge in [0.15, 0.2) is 0 Å². The minimum atomic E-state index is -4.19. The third kappa shape index (κ3) is 6.15. The van der Waals surface area contributed by atoms with Crippen LogP contribution >= 0.6 is 27.7 Å². The summed E-state index contributed by atoms with van der Waals surface area (Å²) in [5.41, 5.74) is -2.92. The van der Waals surface area contributed by atoms with E-state index >= 15 is 0 Å². The first-order valence-corrected chi connectivity index (χ1v) is 7.39. The highest BCUT2D eigenvalue weighted by atomic mass is 79.9. The number of halogens is 4. The number of hydrogen-bond donors (Lipinski definition) is 1. The molecule has 8 heteroatoms. The molecule has 0 bridgehead atoms. The predicted molar refractivity (Wildman–Crippen MR) is 75.7 cm³/mol. The van der Waals surface area contributed by atoms with Crippen molar-refractivity contribution in [1.29, 1.82) is 0 Å². The third-order valence-corrected chi connectivity index (χ3v) is 3.81. The van der Waals surface area contributed by atoms with Gasteiger partial charge in [0.05, 0.1) is 12.7 Å². The van der Waals surface area contributed by atoms with Gasteiger partial charge >= 0.3 is 11.5 Å². The molecule has 1 aromatic carbocycles. The average molecular weight is 372 g/mol. The van der Waals surface area contributed by atoms with Crippen LogP contribution in [0.15, 0.2) is 22.7 Å². The van der Waals surface area contributed by atoms with Crippen LogP contribution in [0.1, 0.15) is 15.9 Å². The predicted octanol–water partition coefficient (Wildman–Crippen LogP) is 3.58. The summed E-state index contributed by atoms with van der Waals surface area (Å²) in [6.07, 6.45) is 0. The van der Waals surface area contributed by atoms with Crippen molar-refractivity contribution in [2.45, 2.75) is 12.1 Å². The van der Waals surface area contributed by atoms with Crippen molar-refractivity contribution in [3.05, 3.63) is 33.8 Å². The van der Waals surface area contributed by atoms with Gasteiger partial charge in [-0.2, -0.15) is 13.2 Å². The van der Waals surface area contributed by atoms with Crippen LogP contribution in [0, 0.1) is 0 Å². The number of esters is 1. The van der Waals surface area contributed by atoms with Gasteiger partial charge < -0.3 is 10.1 Å². The molecule has 0 saturated heterocycles. The number of rotatable bonds is 6. The van der Waals surface area contributed by atoms with Crippen LogP contribution in [-0.4, -0.2) is 30.9 Å². The Kier molecular flexibility index (Phi) is 6.84. The fourth-order valence-corrected chi connectivity index (χ4v) is 2.39. The van der Waals surface area contributed by atoms with Gasteiger partial charge in [-0.3, -0.25) is 0 Å². The first-order valence-electron chi connectivity index (χ1n) is 5.61. The van der Waals surface area contributed by atoms with Gasteiger partial charge in [-0.1, -0.05) is 22.0 Å². The molecule has 0 unspecified atom stereocenters. The molecule has 0 heterocycles. The molecule has 0 aromatic heterocycles. The molecule has 0 spiro atoms.